The summed E-state index contributed by atoms with van der Waals surface area (Å²) < 4.78 is 12.3. The fourth-order valence-corrected chi connectivity index (χ4v) is 2.76. The lowest BCUT2D eigenvalue weighted by molar-refractivity contribution is -0.145. The highest BCUT2D eigenvalue weighted by atomic mass is 16.5. The zero-order valence-electron chi connectivity index (χ0n) is 13.2. The van der Waals surface area contributed by atoms with Gasteiger partial charge in [-0.2, -0.15) is 0 Å². The second kappa shape index (κ2) is 7.39. The Kier molecular flexibility index (Phi) is 5.05. The molecule has 0 unspecified atom stereocenters. The summed E-state index contributed by atoms with van der Waals surface area (Å²) in [6.07, 6.45) is 5.71. The number of nitrogens with zero attached hydrogens (tertiary/aromatic N) is 3. The van der Waals surface area contributed by atoms with E-state index in [1.807, 2.05) is 10.8 Å². The van der Waals surface area contributed by atoms with E-state index in [0.717, 1.165) is 25.3 Å². The van der Waals surface area contributed by atoms with Crippen LogP contribution in [-0.2, 0) is 20.8 Å². The van der Waals surface area contributed by atoms with Crippen LogP contribution >= 0.6 is 0 Å². The highest BCUT2D eigenvalue weighted by Crippen LogP contribution is 2.15. The van der Waals surface area contributed by atoms with Crippen LogP contribution < -0.4 is 0 Å². The molecule has 1 atom stereocenters. The van der Waals surface area contributed by atoms with E-state index in [-0.39, 0.29) is 12.1 Å². The summed E-state index contributed by atoms with van der Waals surface area (Å²) in [5.41, 5.74) is 2.34. The molecule has 1 aliphatic heterocycles. The Bertz CT molecular complexity index is 625. The second-order valence-electron chi connectivity index (χ2n) is 5.64. The molecule has 1 aliphatic rings. The maximum Gasteiger partial charge on any atom is 0.308 e. The topological polar surface area (TPSA) is 56.6 Å². The molecule has 6 nitrogen and oxygen atoms in total. The number of aromatic nitrogens is 2. The first kappa shape index (κ1) is 15.7. The molecule has 2 heterocycles. The van der Waals surface area contributed by atoms with Gasteiger partial charge in [-0.3, -0.25) is 9.69 Å². The fourth-order valence-electron chi connectivity index (χ4n) is 2.76. The van der Waals surface area contributed by atoms with Crippen LogP contribution in [0.25, 0.3) is 5.69 Å². The highest BCUT2D eigenvalue weighted by molar-refractivity contribution is 5.69. The number of ether oxygens (including phenoxy) is 2. The van der Waals surface area contributed by atoms with Crippen LogP contribution in [0.3, 0.4) is 0 Å². The summed E-state index contributed by atoms with van der Waals surface area (Å²) in [7, 11) is 1.41. The van der Waals surface area contributed by atoms with Crippen LogP contribution in [0.5, 0.6) is 0 Å². The predicted octanol–water partition coefficient (Wildman–Crippen LogP) is 1.64. The Labute approximate surface area is 135 Å². The first-order valence-corrected chi connectivity index (χ1v) is 7.72. The van der Waals surface area contributed by atoms with Gasteiger partial charge >= 0.3 is 5.97 Å². The molecule has 1 aromatic carbocycles. The van der Waals surface area contributed by atoms with Crippen LogP contribution in [0.15, 0.2) is 43.0 Å². The van der Waals surface area contributed by atoms with Crippen molar-refractivity contribution in [1.82, 2.24) is 14.5 Å². The minimum absolute atomic E-state index is 0.0820. The summed E-state index contributed by atoms with van der Waals surface area (Å²) in [5, 5.41) is 0. The monoisotopic (exact) mass is 315 g/mol. The first-order chi connectivity index (χ1) is 11.2. The lowest BCUT2D eigenvalue weighted by Gasteiger charge is -2.32. The molecule has 6 heteroatoms. The predicted molar refractivity (Wildman–Crippen MR) is 85.2 cm³/mol. The number of carbonyl (C=O) groups is 1. The molecular formula is C17H21N3O3. The van der Waals surface area contributed by atoms with Crippen molar-refractivity contribution in [1.29, 1.82) is 0 Å². The first-order valence-electron chi connectivity index (χ1n) is 7.72. The minimum Gasteiger partial charge on any atom is -0.469 e. The van der Waals surface area contributed by atoms with Crippen LogP contribution in [0.4, 0.5) is 0 Å². The molecule has 0 aliphatic carbocycles. The third-order valence-electron chi connectivity index (χ3n) is 3.99. The zero-order chi connectivity index (χ0) is 16.1. The van der Waals surface area contributed by atoms with Crippen molar-refractivity contribution in [3.63, 3.8) is 0 Å². The third-order valence-corrected chi connectivity index (χ3v) is 3.99. The number of methoxy groups -OCH3 is 1. The van der Waals surface area contributed by atoms with Crippen molar-refractivity contribution < 1.29 is 14.3 Å². The number of hydrogen-bond donors (Lipinski definition) is 0. The lowest BCUT2D eigenvalue weighted by Crippen LogP contribution is -2.42. The van der Waals surface area contributed by atoms with Gasteiger partial charge in [0.15, 0.2) is 0 Å². The molecule has 0 saturated carbocycles. The van der Waals surface area contributed by atoms with Crippen LogP contribution in [0.2, 0.25) is 0 Å². The van der Waals surface area contributed by atoms with Gasteiger partial charge in [-0.1, -0.05) is 12.1 Å². The summed E-state index contributed by atoms with van der Waals surface area (Å²) in [4.78, 5) is 17.7. The van der Waals surface area contributed by atoms with E-state index in [9.17, 15) is 4.79 Å². The number of rotatable bonds is 5. The number of hydrogen-bond acceptors (Lipinski definition) is 5. The van der Waals surface area contributed by atoms with Crippen molar-refractivity contribution in [2.45, 2.75) is 19.1 Å². The molecule has 23 heavy (non-hydrogen) atoms. The molecular weight excluding hydrogens is 294 g/mol. The molecule has 0 N–H and O–H groups in total. The maximum absolute atomic E-state index is 11.4. The number of esters is 1. The van der Waals surface area contributed by atoms with Crippen LogP contribution in [0.1, 0.15) is 12.0 Å². The van der Waals surface area contributed by atoms with Crippen molar-refractivity contribution in [2.75, 3.05) is 26.8 Å². The second-order valence-corrected chi connectivity index (χ2v) is 5.64. The van der Waals surface area contributed by atoms with E-state index in [2.05, 4.69) is 34.1 Å². The summed E-state index contributed by atoms with van der Waals surface area (Å²) in [6, 6.07) is 8.42. The molecule has 2 aromatic rings. The normalized spacial score (nSPS) is 18.7. The van der Waals surface area contributed by atoms with Crippen molar-refractivity contribution in [3.8, 4) is 5.69 Å². The SMILES string of the molecule is COC(=O)C[C@@H]1CN(Cc2ccc(-n3ccnc3)cc2)CCO1. The smallest absolute Gasteiger partial charge is 0.308 e. The van der Waals surface area contributed by atoms with Gasteiger partial charge in [-0.15, -0.1) is 0 Å². The van der Waals surface area contributed by atoms with Crippen molar-refractivity contribution >= 4 is 5.97 Å². The maximum atomic E-state index is 11.4. The molecule has 3 rings (SSSR count). The fraction of sp³-hybridized carbons (Fsp3) is 0.412. The van der Waals surface area contributed by atoms with E-state index in [1.165, 1.54) is 12.7 Å². The van der Waals surface area contributed by atoms with Gasteiger partial charge < -0.3 is 14.0 Å². The van der Waals surface area contributed by atoms with Crippen molar-refractivity contribution in [2.24, 2.45) is 0 Å². The Morgan fingerprint density at radius 2 is 2.22 bits per heavy atom. The Morgan fingerprint density at radius 3 is 2.91 bits per heavy atom. The van der Waals surface area contributed by atoms with Crippen LogP contribution in [-0.4, -0.2) is 53.3 Å². The number of morpholine rings is 1. The molecule has 0 bridgehead atoms. The standard InChI is InChI=1S/C17H21N3O3/c1-22-17(21)10-16-12-19(8-9-23-16)11-14-2-4-15(5-3-14)20-7-6-18-13-20/h2-7,13,16H,8-12H2,1H3/t16-/m1/s1. The molecule has 1 fully saturated rings. The zero-order valence-corrected chi connectivity index (χ0v) is 13.2. The lowest BCUT2D eigenvalue weighted by atomic mass is 10.1. The van der Waals surface area contributed by atoms with E-state index >= 15 is 0 Å². The van der Waals surface area contributed by atoms with E-state index < -0.39 is 0 Å². The number of imidazole rings is 1. The summed E-state index contributed by atoms with van der Waals surface area (Å²) >= 11 is 0. The van der Waals surface area contributed by atoms with E-state index in [0.29, 0.717) is 13.0 Å². The largest absolute Gasteiger partial charge is 0.469 e. The number of carbonyl (C=O) groups excluding carboxylic acids is 1. The average molecular weight is 315 g/mol. The quantitative estimate of drug-likeness (QED) is 0.785. The number of benzene rings is 1. The van der Waals surface area contributed by atoms with Gasteiger partial charge in [0.05, 0.1) is 32.6 Å². The van der Waals surface area contributed by atoms with E-state index in [4.69, 9.17) is 9.47 Å². The molecule has 122 valence electrons. The molecule has 1 saturated heterocycles. The van der Waals surface area contributed by atoms with E-state index in [1.54, 1.807) is 12.5 Å². The van der Waals surface area contributed by atoms with Crippen molar-refractivity contribution in [3.05, 3.63) is 48.5 Å². The summed E-state index contributed by atoms with van der Waals surface area (Å²) in [5.74, 6) is -0.221. The third kappa shape index (κ3) is 4.18. The highest BCUT2D eigenvalue weighted by Gasteiger charge is 2.23. The Hall–Kier alpha value is -2.18. The molecule has 0 amide bonds. The van der Waals surface area contributed by atoms with Gasteiger partial charge in [-0.05, 0) is 17.7 Å². The molecule has 0 radical (unpaired) electrons. The summed E-state index contributed by atoms with van der Waals surface area (Å²) in [6.45, 7) is 3.12. The Balaban J connectivity index is 1.57. The van der Waals surface area contributed by atoms with Gasteiger partial charge in [-0.25, -0.2) is 4.98 Å². The van der Waals surface area contributed by atoms with Gasteiger partial charge in [0.2, 0.25) is 0 Å². The van der Waals surface area contributed by atoms with Crippen LogP contribution in [0, 0.1) is 0 Å². The van der Waals surface area contributed by atoms with Gasteiger partial charge in [0, 0.05) is 37.7 Å². The molecule has 0 spiro atoms. The minimum atomic E-state index is -0.221. The average Bonchev–Trinajstić information content (AvgIpc) is 3.10. The van der Waals surface area contributed by atoms with Gasteiger partial charge in [0.1, 0.15) is 0 Å². The van der Waals surface area contributed by atoms with Gasteiger partial charge in [0.25, 0.3) is 0 Å². The molecule has 1 aromatic heterocycles. The Morgan fingerprint density at radius 1 is 1.39 bits per heavy atom.